The van der Waals surface area contributed by atoms with Gasteiger partial charge in [-0.2, -0.15) is 0 Å². The SMILES string of the molecule is [B]c1ncc2ncccc2n1. The highest BCUT2D eigenvalue weighted by Gasteiger charge is 1.93. The third-order valence-corrected chi connectivity index (χ3v) is 1.37. The molecule has 0 N–H and O–H groups in total. The number of hydrogen-bond donors (Lipinski definition) is 0. The quantitative estimate of drug-likeness (QED) is 0.477. The Morgan fingerprint density at radius 1 is 1.18 bits per heavy atom. The van der Waals surface area contributed by atoms with Crippen LogP contribution in [0.25, 0.3) is 11.0 Å². The Morgan fingerprint density at radius 3 is 3.00 bits per heavy atom. The van der Waals surface area contributed by atoms with Gasteiger partial charge in [-0.15, -0.1) is 0 Å². The van der Waals surface area contributed by atoms with Gasteiger partial charge in [0, 0.05) is 6.20 Å². The van der Waals surface area contributed by atoms with Crippen molar-refractivity contribution in [2.45, 2.75) is 0 Å². The Bertz CT molecular complexity index is 388. The third kappa shape index (κ3) is 1.07. The Hall–Kier alpha value is -1.45. The normalized spacial score (nSPS) is 10.2. The van der Waals surface area contributed by atoms with Gasteiger partial charge >= 0.3 is 0 Å². The lowest BCUT2D eigenvalue weighted by molar-refractivity contribution is 1.26. The zero-order valence-electron chi connectivity index (χ0n) is 5.73. The summed E-state index contributed by atoms with van der Waals surface area (Å²) in [5, 5.41) is 0. The molecule has 2 radical (unpaired) electrons. The Balaban J connectivity index is 2.83. The van der Waals surface area contributed by atoms with Crippen molar-refractivity contribution in [2.75, 3.05) is 0 Å². The number of pyridine rings is 1. The molecule has 0 saturated heterocycles. The number of fused-ring (bicyclic) bond motifs is 1. The summed E-state index contributed by atoms with van der Waals surface area (Å²) in [6.45, 7) is 0. The van der Waals surface area contributed by atoms with E-state index in [1.807, 2.05) is 12.1 Å². The molecule has 2 heterocycles. The first-order valence-corrected chi connectivity index (χ1v) is 3.19. The predicted octanol–water partition coefficient (Wildman–Crippen LogP) is -0.181. The van der Waals surface area contributed by atoms with Gasteiger partial charge in [-0.3, -0.25) is 9.97 Å². The van der Waals surface area contributed by atoms with Gasteiger partial charge in [0.2, 0.25) is 0 Å². The molecular formula is C7H4BN3. The summed E-state index contributed by atoms with van der Waals surface area (Å²) in [6, 6.07) is 3.66. The highest BCUT2D eigenvalue weighted by Crippen LogP contribution is 2.01. The molecule has 2 aromatic rings. The summed E-state index contributed by atoms with van der Waals surface area (Å²) in [7, 11) is 5.37. The fourth-order valence-electron chi connectivity index (χ4n) is 0.883. The smallest absolute Gasteiger partial charge is 0.170 e. The Morgan fingerprint density at radius 2 is 2.09 bits per heavy atom. The van der Waals surface area contributed by atoms with Crippen molar-refractivity contribution in [1.82, 2.24) is 15.0 Å². The van der Waals surface area contributed by atoms with Gasteiger partial charge in [0.15, 0.2) is 7.85 Å². The van der Waals surface area contributed by atoms with E-state index in [0.717, 1.165) is 11.0 Å². The summed E-state index contributed by atoms with van der Waals surface area (Å²) in [5.74, 6) is 0. The van der Waals surface area contributed by atoms with Crippen molar-refractivity contribution in [3.8, 4) is 0 Å². The molecule has 0 atom stereocenters. The van der Waals surface area contributed by atoms with Crippen LogP contribution in [-0.4, -0.2) is 22.8 Å². The fourth-order valence-corrected chi connectivity index (χ4v) is 0.883. The zero-order chi connectivity index (χ0) is 7.68. The number of nitrogens with zero attached hydrogens (tertiary/aromatic N) is 3. The maximum absolute atomic E-state index is 5.37. The van der Waals surface area contributed by atoms with E-state index in [2.05, 4.69) is 15.0 Å². The van der Waals surface area contributed by atoms with E-state index in [4.69, 9.17) is 7.85 Å². The van der Waals surface area contributed by atoms with E-state index in [-0.39, 0.29) is 5.72 Å². The molecule has 0 aromatic carbocycles. The first-order valence-electron chi connectivity index (χ1n) is 3.19. The van der Waals surface area contributed by atoms with Crippen LogP contribution in [0.4, 0.5) is 0 Å². The minimum Gasteiger partial charge on any atom is -0.253 e. The van der Waals surface area contributed by atoms with E-state index < -0.39 is 0 Å². The minimum absolute atomic E-state index is 0.283. The molecule has 2 aromatic heterocycles. The largest absolute Gasteiger partial charge is 0.253 e. The highest BCUT2D eigenvalue weighted by atomic mass is 14.9. The van der Waals surface area contributed by atoms with Gasteiger partial charge in [0.25, 0.3) is 0 Å². The van der Waals surface area contributed by atoms with Gasteiger partial charge in [-0.05, 0) is 12.1 Å². The van der Waals surface area contributed by atoms with Gasteiger partial charge in [0.1, 0.15) is 5.52 Å². The molecule has 50 valence electrons. The van der Waals surface area contributed by atoms with Crippen LogP contribution in [0.2, 0.25) is 0 Å². The highest BCUT2D eigenvalue weighted by molar-refractivity contribution is 6.29. The molecule has 0 amide bonds. The molecule has 11 heavy (non-hydrogen) atoms. The molecule has 2 rings (SSSR count). The average molecular weight is 141 g/mol. The van der Waals surface area contributed by atoms with Gasteiger partial charge in [0.05, 0.1) is 17.4 Å². The minimum atomic E-state index is 0.283. The van der Waals surface area contributed by atoms with Crippen molar-refractivity contribution in [1.29, 1.82) is 0 Å². The number of aromatic nitrogens is 3. The van der Waals surface area contributed by atoms with E-state index in [1.165, 1.54) is 0 Å². The Labute approximate surface area is 64.9 Å². The lowest BCUT2D eigenvalue weighted by Crippen LogP contribution is -2.12. The summed E-state index contributed by atoms with van der Waals surface area (Å²) < 4.78 is 0. The summed E-state index contributed by atoms with van der Waals surface area (Å²) in [6.07, 6.45) is 3.31. The third-order valence-electron chi connectivity index (χ3n) is 1.37. The van der Waals surface area contributed by atoms with Crippen LogP contribution in [0.5, 0.6) is 0 Å². The van der Waals surface area contributed by atoms with Gasteiger partial charge in [-0.25, -0.2) is 4.98 Å². The lowest BCUT2D eigenvalue weighted by atomic mass is 10.1. The maximum Gasteiger partial charge on any atom is 0.170 e. The monoisotopic (exact) mass is 141 g/mol. The van der Waals surface area contributed by atoms with Crippen LogP contribution in [0.15, 0.2) is 24.5 Å². The standard InChI is InChI=1S/C7H4BN3/c8-7-10-4-6-5(11-7)2-1-3-9-6/h1-4H. The van der Waals surface area contributed by atoms with Crippen molar-refractivity contribution < 1.29 is 0 Å². The van der Waals surface area contributed by atoms with Crippen molar-refractivity contribution in [2.24, 2.45) is 0 Å². The van der Waals surface area contributed by atoms with E-state index in [9.17, 15) is 0 Å². The molecule has 0 bridgehead atoms. The van der Waals surface area contributed by atoms with Crippen molar-refractivity contribution in [3.63, 3.8) is 0 Å². The maximum atomic E-state index is 5.37. The zero-order valence-corrected chi connectivity index (χ0v) is 5.73. The first-order chi connectivity index (χ1) is 5.36. The molecule has 3 nitrogen and oxygen atoms in total. The molecule has 0 aliphatic heterocycles. The molecule has 0 fully saturated rings. The predicted molar refractivity (Wildman–Crippen MR) is 42.7 cm³/mol. The molecule has 0 aliphatic rings. The summed E-state index contributed by atoms with van der Waals surface area (Å²) >= 11 is 0. The molecule has 0 unspecified atom stereocenters. The van der Waals surface area contributed by atoms with Crippen molar-refractivity contribution in [3.05, 3.63) is 24.5 Å². The van der Waals surface area contributed by atoms with Crippen LogP contribution >= 0.6 is 0 Å². The second kappa shape index (κ2) is 2.30. The van der Waals surface area contributed by atoms with Gasteiger partial charge < -0.3 is 0 Å². The van der Waals surface area contributed by atoms with Crippen molar-refractivity contribution >= 4 is 24.6 Å². The fraction of sp³-hybridized carbons (Fsp3) is 0. The lowest BCUT2D eigenvalue weighted by Gasteiger charge is -1.94. The van der Waals surface area contributed by atoms with Crippen LogP contribution < -0.4 is 5.72 Å². The first kappa shape index (κ1) is 6.28. The summed E-state index contributed by atoms with van der Waals surface area (Å²) in [4.78, 5) is 11.8. The van der Waals surface area contributed by atoms with Gasteiger partial charge in [-0.1, -0.05) is 0 Å². The van der Waals surface area contributed by atoms with Crippen LogP contribution in [0.3, 0.4) is 0 Å². The molecule has 0 saturated carbocycles. The number of hydrogen-bond acceptors (Lipinski definition) is 3. The molecular weight excluding hydrogens is 137 g/mol. The molecule has 4 heteroatoms. The second-order valence-electron chi connectivity index (χ2n) is 2.14. The second-order valence-corrected chi connectivity index (χ2v) is 2.14. The van der Waals surface area contributed by atoms with E-state index in [1.54, 1.807) is 12.4 Å². The average Bonchev–Trinajstić information content (AvgIpc) is 2.04. The van der Waals surface area contributed by atoms with Crippen LogP contribution in [0, 0.1) is 0 Å². The van der Waals surface area contributed by atoms with Crippen LogP contribution in [-0.2, 0) is 0 Å². The Kier molecular flexibility index (Phi) is 1.32. The number of rotatable bonds is 0. The molecule has 0 aliphatic carbocycles. The molecule has 0 spiro atoms. The van der Waals surface area contributed by atoms with E-state index >= 15 is 0 Å². The van der Waals surface area contributed by atoms with E-state index in [0.29, 0.717) is 0 Å². The topological polar surface area (TPSA) is 38.7 Å². The van der Waals surface area contributed by atoms with Crippen LogP contribution in [0.1, 0.15) is 0 Å². The summed E-state index contributed by atoms with van der Waals surface area (Å²) in [5.41, 5.74) is 1.83.